The Balaban J connectivity index is 1.47. The number of rotatable bonds is 8. The van der Waals surface area contributed by atoms with Gasteiger partial charge < -0.3 is 14.6 Å². The van der Waals surface area contributed by atoms with Crippen LogP contribution in [0.25, 0.3) is 23.1 Å². The summed E-state index contributed by atoms with van der Waals surface area (Å²) in [6, 6.07) is 12.9. The Bertz CT molecular complexity index is 1290. The fourth-order valence-electron chi connectivity index (χ4n) is 3.15. The van der Waals surface area contributed by atoms with Gasteiger partial charge >= 0.3 is 0 Å². The number of carbonyl (C=O) groups excluding carboxylic acids is 1. The minimum absolute atomic E-state index is 0.117. The Morgan fingerprint density at radius 1 is 1.24 bits per heavy atom. The molecule has 0 saturated carbocycles. The van der Waals surface area contributed by atoms with E-state index in [-0.39, 0.29) is 17.6 Å². The zero-order chi connectivity index (χ0) is 23.4. The smallest absolute Gasteiger partial charge is 0.296 e. The highest BCUT2D eigenvalue weighted by Gasteiger charge is 2.20. The van der Waals surface area contributed by atoms with Crippen LogP contribution in [0.5, 0.6) is 5.75 Å². The van der Waals surface area contributed by atoms with E-state index in [1.807, 2.05) is 42.7 Å². The molecular weight excluding hydrogens is 464 g/mol. The molecule has 0 bridgehead atoms. The maximum absolute atomic E-state index is 12.5. The van der Waals surface area contributed by atoms with Gasteiger partial charge in [-0.1, -0.05) is 52.3 Å². The van der Waals surface area contributed by atoms with Crippen LogP contribution in [0.3, 0.4) is 0 Å². The molecule has 0 fully saturated rings. The molecule has 0 unspecified atom stereocenters. The van der Waals surface area contributed by atoms with Gasteiger partial charge in [0.1, 0.15) is 5.75 Å². The highest BCUT2D eigenvalue weighted by Crippen LogP contribution is 2.29. The van der Waals surface area contributed by atoms with E-state index in [1.165, 1.54) is 18.9 Å². The fraction of sp³-hybridized carbons (Fsp3) is 0.227. The third kappa shape index (κ3) is 5.18. The topological polar surface area (TPSA) is 108 Å². The Morgan fingerprint density at radius 3 is 2.85 bits per heavy atom. The standard InChI is InChI=1S/C22H21ClN6O3S/c1-4-29-20(21-25-19(28-32-21)14-7-5-6-13(2)10-14)26-27-22(29)33-12-18(30)24-16-11-15(23)8-9-17(16)31-3/h5-11H,4,12H2,1-3H3,(H,24,30). The van der Waals surface area contributed by atoms with Crippen molar-refractivity contribution in [3.63, 3.8) is 0 Å². The molecular formula is C22H21ClN6O3S. The number of methoxy groups -OCH3 is 1. The van der Waals surface area contributed by atoms with Crippen molar-refractivity contribution in [1.29, 1.82) is 0 Å². The summed E-state index contributed by atoms with van der Waals surface area (Å²) in [6.07, 6.45) is 0. The van der Waals surface area contributed by atoms with Gasteiger partial charge in [-0.25, -0.2) is 0 Å². The van der Waals surface area contributed by atoms with E-state index >= 15 is 0 Å². The van der Waals surface area contributed by atoms with E-state index in [0.717, 1.165) is 11.1 Å². The quantitative estimate of drug-likeness (QED) is 0.358. The summed E-state index contributed by atoms with van der Waals surface area (Å²) in [4.78, 5) is 17.0. The summed E-state index contributed by atoms with van der Waals surface area (Å²) >= 11 is 7.28. The van der Waals surface area contributed by atoms with Crippen LogP contribution in [0.4, 0.5) is 5.69 Å². The number of amides is 1. The van der Waals surface area contributed by atoms with Crippen molar-refractivity contribution in [2.75, 3.05) is 18.2 Å². The monoisotopic (exact) mass is 484 g/mol. The summed E-state index contributed by atoms with van der Waals surface area (Å²) in [5.74, 6) is 1.60. The number of halogens is 1. The largest absolute Gasteiger partial charge is 0.495 e. The van der Waals surface area contributed by atoms with E-state index in [0.29, 0.717) is 39.8 Å². The van der Waals surface area contributed by atoms with E-state index in [1.54, 1.807) is 18.2 Å². The average Bonchev–Trinajstić information content (AvgIpc) is 3.44. The van der Waals surface area contributed by atoms with Crippen molar-refractivity contribution in [3.05, 3.63) is 53.1 Å². The molecule has 4 rings (SSSR count). The van der Waals surface area contributed by atoms with Crippen LogP contribution in [0.2, 0.25) is 5.02 Å². The van der Waals surface area contributed by atoms with Crippen LogP contribution >= 0.6 is 23.4 Å². The summed E-state index contributed by atoms with van der Waals surface area (Å²) in [5, 5.41) is 16.4. The summed E-state index contributed by atoms with van der Waals surface area (Å²) < 4.78 is 12.5. The molecule has 11 heteroatoms. The van der Waals surface area contributed by atoms with Crippen LogP contribution in [0.15, 0.2) is 52.1 Å². The normalized spacial score (nSPS) is 10.9. The second-order valence-corrected chi connectivity index (χ2v) is 8.40. The number of anilines is 1. The number of nitrogens with zero attached hydrogens (tertiary/aromatic N) is 5. The van der Waals surface area contributed by atoms with Gasteiger partial charge in [0.05, 0.1) is 18.6 Å². The SMILES string of the molecule is CCn1c(SCC(=O)Nc2cc(Cl)ccc2OC)nnc1-c1nc(-c2cccc(C)c2)no1. The van der Waals surface area contributed by atoms with Crippen LogP contribution in [-0.2, 0) is 11.3 Å². The van der Waals surface area contributed by atoms with Crippen molar-refractivity contribution in [1.82, 2.24) is 24.9 Å². The first-order valence-corrected chi connectivity index (χ1v) is 11.5. The Kier molecular flexibility index (Phi) is 6.95. The molecule has 33 heavy (non-hydrogen) atoms. The van der Waals surface area contributed by atoms with E-state index in [4.69, 9.17) is 20.9 Å². The van der Waals surface area contributed by atoms with Gasteiger partial charge in [0, 0.05) is 17.1 Å². The van der Waals surface area contributed by atoms with Crippen LogP contribution in [-0.4, -0.2) is 43.7 Å². The predicted molar refractivity (Wildman–Crippen MR) is 127 cm³/mol. The van der Waals surface area contributed by atoms with Crippen molar-refractivity contribution in [2.24, 2.45) is 0 Å². The van der Waals surface area contributed by atoms with E-state index in [2.05, 4.69) is 25.7 Å². The Hall–Kier alpha value is -3.37. The highest BCUT2D eigenvalue weighted by molar-refractivity contribution is 7.99. The predicted octanol–water partition coefficient (Wildman–Crippen LogP) is 4.72. The lowest BCUT2D eigenvalue weighted by Gasteiger charge is -2.10. The molecule has 0 spiro atoms. The number of aromatic nitrogens is 5. The summed E-state index contributed by atoms with van der Waals surface area (Å²) in [5.41, 5.74) is 2.46. The molecule has 0 atom stereocenters. The van der Waals surface area contributed by atoms with Crippen molar-refractivity contribution >= 4 is 35.0 Å². The molecule has 1 amide bonds. The van der Waals surface area contributed by atoms with Crippen molar-refractivity contribution in [3.8, 4) is 28.9 Å². The number of thioether (sulfide) groups is 1. The van der Waals surface area contributed by atoms with E-state index in [9.17, 15) is 4.79 Å². The molecule has 0 aliphatic rings. The average molecular weight is 485 g/mol. The number of benzene rings is 2. The van der Waals surface area contributed by atoms with Crippen LogP contribution < -0.4 is 10.1 Å². The molecule has 0 saturated heterocycles. The maximum Gasteiger partial charge on any atom is 0.296 e. The zero-order valence-electron chi connectivity index (χ0n) is 18.2. The molecule has 1 N–H and O–H groups in total. The van der Waals surface area contributed by atoms with Gasteiger partial charge in [-0.2, -0.15) is 4.98 Å². The Morgan fingerprint density at radius 2 is 2.09 bits per heavy atom. The van der Waals surface area contributed by atoms with Crippen LogP contribution in [0.1, 0.15) is 12.5 Å². The van der Waals surface area contributed by atoms with Crippen molar-refractivity contribution < 1.29 is 14.1 Å². The first kappa shape index (κ1) is 22.8. The number of nitrogens with one attached hydrogen (secondary N) is 1. The van der Waals surface area contributed by atoms with Gasteiger partial charge in [-0.15, -0.1) is 10.2 Å². The number of hydrogen-bond donors (Lipinski definition) is 1. The lowest BCUT2D eigenvalue weighted by molar-refractivity contribution is -0.113. The van der Waals surface area contributed by atoms with Gasteiger partial charge in [0.25, 0.3) is 5.89 Å². The van der Waals surface area contributed by atoms with Crippen molar-refractivity contribution in [2.45, 2.75) is 25.5 Å². The second kappa shape index (κ2) is 10.1. The van der Waals surface area contributed by atoms with Gasteiger partial charge in [0.2, 0.25) is 17.6 Å². The second-order valence-electron chi connectivity index (χ2n) is 7.02. The number of ether oxygens (including phenoxy) is 1. The minimum Gasteiger partial charge on any atom is -0.495 e. The Labute approximate surface area is 199 Å². The first-order valence-electron chi connectivity index (χ1n) is 10.1. The fourth-order valence-corrected chi connectivity index (χ4v) is 4.12. The molecule has 2 aromatic heterocycles. The summed E-state index contributed by atoms with van der Waals surface area (Å²) in [6.45, 7) is 4.52. The molecule has 0 radical (unpaired) electrons. The third-order valence-corrected chi connectivity index (χ3v) is 5.90. The molecule has 0 aliphatic carbocycles. The number of aryl methyl sites for hydroxylation is 1. The highest BCUT2D eigenvalue weighted by atomic mass is 35.5. The lowest BCUT2D eigenvalue weighted by Crippen LogP contribution is -2.15. The molecule has 0 aliphatic heterocycles. The van der Waals surface area contributed by atoms with Gasteiger partial charge in [-0.05, 0) is 38.1 Å². The molecule has 2 aromatic carbocycles. The summed E-state index contributed by atoms with van der Waals surface area (Å²) in [7, 11) is 1.53. The number of hydrogen-bond acceptors (Lipinski definition) is 8. The molecule has 2 heterocycles. The van der Waals surface area contributed by atoms with E-state index < -0.39 is 0 Å². The molecule has 9 nitrogen and oxygen atoms in total. The van der Waals surface area contributed by atoms with Crippen LogP contribution in [0, 0.1) is 6.92 Å². The molecule has 4 aromatic rings. The third-order valence-electron chi connectivity index (χ3n) is 4.69. The zero-order valence-corrected chi connectivity index (χ0v) is 19.8. The maximum atomic E-state index is 12.5. The lowest BCUT2D eigenvalue weighted by atomic mass is 10.1. The van der Waals surface area contributed by atoms with Gasteiger partial charge in [-0.3, -0.25) is 9.36 Å². The number of carbonyl (C=O) groups is 1. The minimum atomic E-state index is -0.229. The molecule has 170 valence electrons. The van der Waals surface area contributed by atoms with Gasteiger partial charge in [0.15, 0.2) is 5.16 Å². The first-order chi connectivity index (χ1) is 16.0.